The minimum absolute atomic E-state index is 0.0439. The van der Waals surface area contributed by atoms with Crippen LogP contribution in [0.3, 0.4) is 0 Å². The highest BCUT2D eigenvalue weighted by Gasteiger charge is 2.21. The lowest BCUT2D eigenvalue weighted by Crippen LogP contribution is -2.35. The Morgan fingerprint density at radius 2 is 1.88 bits per heavy atom. The summed E-state index contributed by atoms with van der Waals surface area (Å²) in [6, 6.07) is 11.0. The predicted molar refractivity (Wildman–Crippen MR) is 131 cm³/mol. The summed E-state index contributed by atoms with van der Waals surface area (Å²) >= 11 is 0. The predicted octanol–water partition coefficient (Wildman–Crippen LogP) is 3.70. The molecule has 0 radical (unpaired) electrons. The minimum atomic E-state index is -0.332. The Kier molecular flexibility index (Phi) is 6.65. The van der Waals surface area contributed by atoms with E-state index < -0.39 is 0 Å². The zero-order valence-corrected chi connectivity index (χ0v) is 19.6. The Bertz CT molecular complexity index is 1230. The van der Waals surface area contributed by atoms with Crippen LogP contribution in [0.2, 0.25) is 0 Å². The van der Waals surface area contributed by atoms with Crippen molar-refractivity contribution in [2.24, 2.45) is 7.05 Å². The molecular weight excluding hydrogens is 418 g/mol. The second-order valence-electron chi connectivity index (χ2n) is 8.62. The Hall–Kier alpha value is -3.39. The van der Waals surface area contributed by atoms with E-state index in [1.165, 1.54) is 13.5 Å². The summed E-state index contributed by atoms with van der Waals surface area (Å²) in [5.74, 6) is 0.380. The maximum absolute atomic E-state index is 13.3. The lowest BCUT2D eigenvalue weighted by atomic mass is 10.0. The minimum Gasteiger partial charge on any atom is -0.378 e. The highest BCUT2D eigenvalue weighted by atomic mass is 16.6. The summed E-state index contributed by atoms with van der Waals surface area (Å²) in [5.41, 5.74) is 6.08. The number of aromatic nitrogens is 2. The first-order valence-corrected chi connectivity index (χ1v) is 11.4. The quantitative estimate of drug-likeness (QED) is 0.558. The van der Waals surface area contributed by atoms with Crippen LogP contribution in [0, 0.1) is 6.92 Å². The van der Waals surface area contributed by atoms with Gasteiger partial charge in [-0.25, -0.2) is 10.5 Å². The van der Waals surface area contributed by atoms with Gasteiger partial charge in [-0.1, -0.05) is 18.2 Å². The number of hydrogen-bond acceptors (Lipinski definition) is 6. The van der Waals surface area contributed by atoms with Gasteiger partial charge in [-0.3, -0.25) is 19.0 Å². The lowest BCUT2D eigenvalue weighted by molar-refractivity contribution is 0.0538. The molecule has 0 aliphatic carbocycles. The molecule has 1 aromatic heterocycles. The Labute approximate surface area is 193 Å². The topological polar surface area (TPSA) is 88.5 Å². The fraction of sp³-hybridized carbons (Fsp3) is 0.400. The van der Waals surface area contributed by atoms with Crippen LogP contribution in [0.15, 0.2) is 41.2 Å². The number of benzene rings is 2. The Morgan fingerprint density at radius 1 is 1.15 bits per heavy atom. The summed E-state index contributed by atoms with van der Waals surface area (Å²) in [7, 11) is 3.20. The first-order valence-electron chi connectivity index (χ1n) is 11.4. The van der Waals surface area contributed by atoms with Crippen molar-refractivity contribution in [3.8, 4) is 0 Å². The number of nitrogens with zero attached hydrogens (tertiary/aromatic N) is 3. The molecule has 0 unspecified atom stereocenters. The van der Waals surface area contributed by atoms with E-state index in [1.54, 1.807) is 23.7 Å². The van der Waals surface area contributed by atoms with Crippen molar-refractivity contribution in [3.63, 3.8) is 0 Å². The molecule has 0 spiro atoms. The summed E-state index contributed by atoms with van der Waals surface area (Å²) in [6.45, 7) is 5.80. The number of hydrogen-bond donors (Lipinski definition) is 2. The monoisotopic (exact) mass is 449 g/mol. The molecule has 2 N–H and O–H groups in total. The molecule has 3 aromatic rings. The van der Waals surface area contributed by atoms with Gasteiger partial charge in [0.05, 0.1) is 29.6 Å². The molecule has 2 aromatic carbocycles. The third kappa shape index (κ3) is 4.57. The van der Waals surface area contributed by atoms with E-state index in [9.17, 15) is 9.59 Å². The molecule has 1 aliphatic heterocycles. The summed E-state index contributed by atoms with van der Waals surface area (Å²) < 4.78 is 1.67. The molecule has 174 valence electrons. The smallest absolute Gasteiger partial charge is 0.276 e. The summed E-state index contributed by atoms with van der Waals surface area (Å²) in [5, 5.41) is 4.04. The number of hydroxylamine groups is 1. The molecule has 2 heterocycles. The number of carbonyl (C=O) groups is 1. The molecule has 1 saturated heterocycles. The molecule has 1 aliphatic rings. The molecule has 1 fully saturated rings. The number of aryl methyl sites for hydroxylation is 1. The van der Waals surface area contributed by atoms with Gasteiger partial charge in [-0.15, -0.1) is 0 Å². The van der Waals surface area contributed by atoms with Gasteiger partial charge in [0, 0.05) is 31.4 Å². The summed E-state index contributed by atoms with van der Waals surface area (Å²) in [4.78, 5) is 37.7. The van der Waals surface area contributed by atoms with Crippen LogP contribution in [-0.4, -0.2) is 35.7 Å². The van der Waals surface area contributed by atoms with E-state index in [1.807, 2.05) is 32.0 Å². The number of fused-ring (bicyclic) bond motifs is 1. The van der Waals surface area contributed by atoms with Crippen molar-refractivity contribution in [2.75, 3.05) is 30.4 Å². The standard InChI is InChI=1S/C25H31N5O3/c1-16-14-19(17(2)26-21-11-7-6-10-18(21)23(31)28-33-4)22-20(15-16)24(32)29(3)25(27-22)30-12-8-5-9-13-30/h6-7,10-11,14-15,17,26H,5,8-9,12-13H2,1-4H3,(H,28,31)/t17-/m0/s1. The van der Waals surface area contributed by atoms with E-state index in [2.05, 4.69) is 21.8 Å². The second kappa shape index (κ2) is 9.62. The van der Waals surface area contributed by atoms with Crippen molar-refractivity contribution in [1.82, 2.24) is 15.0 Å². The zero-order valence-electron chi connectivity index (χ0n) is 19.6. The average Bonchev–Trinajstić information content (AvgIpc) is 2.82. The maximum atomic E-state index is 13.3. The van der Waals surface area contributed by atoms with Gasteiger partial charge >= 0.3 is 0 Å². The lowest BCUT2D eigenvalue weighted by Gasteiger charge is -2.29. The van der Waals surface area contributed by atoms with Crippen LogP contribution in [-0.2, 0) is 11.9 Å². The molecule has 1 amide bonds. The van der Waals surface area contributed by atoms with Crippen molar-refractivity contribution < 1.29 is 9.63 Å². The van der Waals surface area contributed by atoms with Crippen molar-refractivity contribution in [3.05, 3.63) is 63.4 Å². The van der Waals surface area contributed by atoms with E-state index in [0.29, 0.717) is 28.1 Å². The number of rotatable bonds is 6. The van der Waals surface area contributed by atoms with E-state index in [0.717, 1.165) is 37.1 Å². The Morgan fingerprint density at radius 3 is 2.61 bits per heavy atom. The number of amides is 1. The highest BCUT2D eigenvalue weighted by Crippen LogP contribution is 2.29. The molecule has 33 heavy (non-hydrogen) atoms. The molecule has 8 heteroatoms. The van der Waals surface area contributed by atoms with Gasteiger partial charge < -0.3 is 10.2 Å². The van der Waals surface area contributed by atoms with Crippen LogP contribution < -0.4 is 21.3 Å². The highest BCUT2D eigenvalue weighted by molar-refractivity contribution is 5.99. The average molecular weight is 450 g/mol. The van der Waals surface area contributed by atoms with Gasteiger partial charge in [0.25, 0.3) is 11.5 Å². The van der Waals surface area contributed by atoms with E-state index in [4.69, 9.17) is 9.82 Å². The van der Waals surface area contributed by atoms with Crippen LogP contribution in [0.4, 0.5) is 11.6 Å². The largest absolute Gasteiger partial charge is 0.378 e. The molecule has 0 bridgehead atoms. The van der Waals surface area contributed by atoms with Crippen LogP contribution >= 0.6 is 0 Å². The zero-order chi connectivity index (χ0) is 23.5. The first-order chi connectivity index (χ1) is 15.9. The third-order valence-corrected chi connectivity index (χ3v) is 6.17. The van der Waals surface area contributed by atoms with Gasteiger partial charge in [-0.05, 0) is 56.9 Å². The third-order valence-electron chi connectivity index (χ3n) is 6.17. The number of anilines is 2. The van der Waals surface area contributed by atoms with Crippen molar-refractivity contribution in [2.45, 2.75) is 39.2 Å². The Balaban J connectivity index is 1.78. The molecule has 4 rings (SSSR count). The number of nitrogens with one attached hydrogen (secondary N) is 2. The second-order valence-corrected chi connectivity index (χ2v) is 8.62. The van der Waals surface area contributed by atoms with E-state index in [-0.39, 0.29) is 17.5 Å². The van der Waals surface area contributed by atoms with Crippen LogP contribution in [0.5, 0.6) is 0 Å². The van der Waals surface area contributed by atoms with E-state index >= 15 is 0 Å². The van der Waals surface area contributed by atoms with Gasteiger partial charge in [-0.2, -0.15) is 0 Å². The SMILES string of the molecule is CONC(=O)c1ccccc1N[C@@H](C)c1cc(C)cc2c(=O)n(C)c(N3CCCCC3)nc12. The number of para-hydroxylation sites is 1. The van der Waals surface area contributed by atoms with Crippen LogP contribution in [0.1, 0.15) is 53.7 Å². The molecule has 8 nitrogen and oxygen atoms in total. The molecule has 0 saturated carbocycles. The van der Waals surface area contributed by atoms with Crippen molar-refractivity contribution >= 4 is 28.4 Å². The summed E-state index contributed by atoms with van der Waals surface area (Å²) in [6.07, 6.45) is 3.42. The van der Waals surface area contributed by atoms with Crippen LogP contribution in [0.25, 0.3) is 10.9 Å². The fourth-order valence-corrected chi connectivity index (χ4v) is 4.51. The number of carbonyl (C=O) groups excluding carboxylic acids is 1. The van der Waals surface area contributed by atoms with Gasteiger partial charge in [0.15, 0.2) is 0 Å². The van der Waals surface area contributed by atoms with Gasteiger partial charge in [0.1, 0.15) is 0 Å². The van der Waals surface area contributed by atoms with Crippen molar-refractivity contribution in [1.29, 1.82) is 0 Å². The molecule has 1 atom stereocenters. The number of piperidine rings is 1. The van der Waals surface area contributed by atoms with Gasteiger partial charge in [0.2, 0.25) is 5.95 Å². The maximum Gasteiger partial charge on any atom is 0.276 e. The first kappa shape index (κ1) is 22.8. The fourth-order valence-electron chi connectivity index (χ4n) is 4.51. The molecular formula is C25H31N5O3. The normalized spacial score (nSPS) is 14.8.